The molecule has 4 heteroatoms. The Hall–Kier alpha value is -1.39. The lowest BCUT2D eigenvalue weighted by molar-refractivity contribution is 0.881. The van der Waals surface area contributed by atoms with E-state index in [-0.39, 0.29) is 6.04 Å². The van der Waals surface area contributed by atoms with Gasteiger partial charge in [0.2, 0.25) is 0 Å². The number of nitrogens with two attached hydrogens (primary N) is 1. The molecule has 3 N–H and O–H groups in total. The Morgan fingerprint density at radius 2 is 1.95 bits per heavy atom. The number of thiocarbonyl (C=S) groups is 1. The van der Waals surface area contributed by atoms with E-state index in [1.165, 1.54) is 20.9 Å². The molecular weight excluding hydrogens is 284 g/mol. The van der Waals surface area contributed by atoms with E-state index in [0.717, 1.165) is 11.3 Å². The normalized spacial score (nSPS) is 12.2. The van der Waals surface area contributed by atoms with Crippen LogP contribution in [0.1, 0.15) is 39.4 Å². The molecule has 1 aromatic carbocycles. The molecular formula is C16H20N2S2. The van der Waals surface area contributed by atoms with E-state index in [1.807, 2.05) is 23.5 Å². The Labute approximate surface area is 130 Å². The lowest BCUT2D eigenvalue weighted by atomic mass is 10.1. The number of nitrogens with one attached hydrogen (secondary N) is 1. The minimum absolute atomic E-state index is 0.231. The first-order chi connectivity index (χ1) is 9.38. The van der Waals surface area contributed by atoms with Crippen LogP contribution in [-0.2, 0) is 0 Å². The predicted octanol–water partition coefficient (Wildman–Crippen LogP) is 4.48. The van der Waals surface area contributed by atoms with Crippen molar-refractivity contribution < 1.29 is 0 Å². The van der Waals surface area contributed by atoms with E-state index in [0.29, 0.717) is 4.99 Å². The molecule has 0 saturated heterocycles. The van der Waals surface area contributed by atoms with Crippen molar-refractivity contribution in [2.75, 3.05) is 5.32 Å². The SMILES string of the molecule is Cc1ccc(C(N)=S)c(NC(C)c2cc(C)sc2C)c1. The third-order valence-electron chi connectivity index (χ3n) is 3.36. The topological polar surface area (TPSA) is 38.0 Å². The first-order valence-corrected chi connectivity index (χ1v) is 7.85. The largest absolute Gasteiger partial charge is 0.389 e. The molecule has 0 spiro atoms. The predicted molar refractivity (Wildman–Crippen MR) is 92.9 cm³/mol. The number of anilines is 1. The molecule has 0 aliphatic heterocycles. The van der Waals surface area contributed by atoms with Crippen LogP contribution >= 0.6 is 23.6 Å². The molecule has 1 heterocycles. The molecule has 2 nitrogen and oxygen atoms in total. The third kappa shape index (κ3) is 3.19. The molecule has 1 atom stereocenters. The molecule has 20 heavy (non-hydrogen) atoms. The molecule has 1 aromatic heterocycles. The Morgan fingerprint density at radius 3 is 2.50 bits per heavy atom. The van der Waals surface area contributed by atoms with Gasteiger partial charge in [-0.2, -0.15) is 0 Å². The summed E-state index contributed by atoms with van der Waals surface area (Å²) >= 11 is 6.96. The van der Waals surface area contributed by atoms with Crippen molar-refractivity contribution in [3.8, 4) is 0 Å². The van der Waals surface area contributed by atoms with E-state index in [2.05, 4.69) is 45.1 Å². The van der Waals surface area contributed by atoms with E-state index >= 15 is 0 Å². The van der Waals surface area contributed by atoms with Gasteiger partial charge >= 0.3 is 0 Å². The van der Waals surface area contributed by atoms with Crippen molar-refractivity contribution >= 4 is 34.2 Å². The maximum atomic E-state index is 5.81. The molecule has 106 valence electrons. The van der Waals surface area contributed by atoms with Crippen molar-refractivity contribution in [1.82, 2.24) is 0 Å². The molecule has 0 aliphatic carbocycles. The molecule has 1 unspecified atom stereocenters. The van der Waals surface area contributed by atoms with Gasteiger partial charge in [-0.05, 0) is 57.0 Å². The number of benzene rings is 1. The fraction of sp³-hybridized carbons (Fsp3) is 0.312. The second-order valence-electron chi connectivity index (χ2n) is 5.15. The monoisotopic (exact) mass is 304 g/mol. The van der Waals surface area contributed by atoms with Crippen LogP contribution in [0.3, 0.4) is 0 Å². The van der Waals surface area contributed by atoms with Gasteiger partial charge in [0.1, 0.15) is 4.99 Å². The van der Waals surface area contributed by atoms with Crippen LogP contribution in [0, 0.1) is 20.8 Å². The van der Waals surface area contributed by atoms with Gasteiger partial charge in [0.05, 0.1) is 0 Å². The number of rotatable bonds is 4. The summed E-state index contributed by atoms with van der Waals surface area (Å²) in [7, 11) is 0. The lowest BCUT2D eigenvalue weighted by Crippen LogP contribution is -2.15. The molecule has 0 saturated carbocycles. The smallest absolute Gasteiger partial charge is 0.106 e. The summed E-state index contributed by atoms with van der Waals surface area (Å²) in [6, 6.07) is 8.59. The summed E-state index contributed by atoms with van der Waals surface area (Å²) in [5, 5.41) is 3.54. The second kappa shape index (κ2) is 5.94. The zero-order chi connectivity index (χ0) is 14.9. The number of hydrogen-bond donors (Lipinski definition) is 2. The highest BCUT2D eigenvalue weighted by atomic mass is 32.1. The minimum Gasteiger partial charge on any atom is -0.389 e. The van der Waals surface area contributed by atoms with Crippen molar-refractivity contribution in [3.63, 3.8) is 0 Å². The molecule has 0 fully saturated rings. The van der Waals surface area contributed by atoms with Crippen molar-refractivity contribution in [2.24, 2.45) is 5.73 Å². The van der Waals surface area contributed by atoms with Crippen LogP contribution in [0.2, 0.25) is 0 Å². The number of hydrogen-bond acceptors (Lipinski definition) is 3. The van der Waals surface area contributed by atoms with Gasteiger partial charge in [-0.1, -0.05) is 18.3 Å². The van der Waals surface area contributed by atoms with Gasteiger partial charge in [-0.25, -0.2) is 0 Å². The fourth-order valence-electron chi connectivity index (χ4n) is 2.38. The first kappa shape index (κ1) is 15.0. The molecule has 0 amide bonds. The van der Waals surface area contributed by atoms with Crippen molar-refractivity contribution in [1.29, 1.82) is 0 Å². The Bertz CT molecular complexity index is 644. The summed E-state index contributed by atoms with van der Waals surface area (Å²) in [6.07, 6.45) is 0. The highest BCUT2D eigenvalue weighted by molar-refractivity contribution is 7.80. The van der Waals surface area contributed by atoms with Gasteiger partial charge in [-0.15, -0.1) is 11.3 Å². The molecule has 2 rings (SSSR count). The highest BCUT2D eigenvalue weighted by Gasteiger charge is 2.13. The van der Waals surface area contributed by atoms with Gasteiger partial charge in [-0.3, -0.25) is 0 Å². The molecule has 2 aromatic rings. The van der Waals surface area contributed by atoms with Crippen LogP contribution in [0.15, 0.2) is 24.3 Å². The number of thiophene rings is 1. The lowest BCUT2D eigenvalue weighted by Gasteiger charge is -2.18. The Balaban J connectivity index is 2.32. The standard InChI is InChI=1S/C16H20N2S2/c1-9-5-6-13(16(17)19)15(7-9)18-11(3)14-8-10(2)20-12(14)4/h5-8,11,18H,1-4H3,(H2,17,19). The van der Waals surface area contributed by atoms with Crippen LogP contribution in [0.4, 0.5) is 5.69 Å². The zero-order valence-corrected chi connectivity index (χ0v) is 13.9. The van der Waals surface area contributed by atoms with Gasteiger partial charge in [0.15, 0.2) is 0 Å². The van der Waals surface area contributed by atoms with E-state index in [1.54, 1.807) is 0 Å². The van der Waals surface area contributed by atoms with Gasteiger partial charge < -0.3 is 11.1 Å². The quantitative estimate of drug-likeness (QED) is 0.818. The van der Waals surface area contributed by atoms with E-state index < -0.39 is 0 Å². The highest BCUT2D eigenvalue weighted by Crippen LogP contribution is 2.30. The molecule has 0 aliphatic rings. The molecule has 0 radical (unpaired) electrons. The summed E-state index contributed by atoms with van der Waals surface area (Å²) in [4.78, 5) is 3.12. The van der Waals surface area contributed by atoms with Crippen LogP contribution < -0.4 is 11.1 Å². The van der Waals surface area contributed by atoms with Gasteiger partial charge in [0.25, 0.3) is 0 Å². The molecule has 0 bridgehead atoms. The Kier molecular flexibility index (Phi) is 4.45. The Morgan fingerprint density at radius 1 is 1.25 bits per heavy atom. The minimum atomic E-state index is 0.231. The average molecular weight is 304 g/mol. The number of aryl methyl sites for hydroxylation is 3. The third-order valence-corrected chi connectivity index (χ3v) is 4.56. The zero-order valence-electron chi connectivity index (χ0n) is 12.3. The van der Waals surface area contributed by atoms with Crippen molar-refractivity contribution in [3.05, 3.63) is 50.7 Å². The fourth-order valence-corrected chi connectivity index (χ4v) is 3.58. The van der Waals surface area contributed by atoms with Gasteiger partial charge in [0, 0.05) is 27.0 Å². The van der Waals surface area contributed by atoms with Crippen LogP contribution in [0.5, 0.6) is 0 Å². The summed E-state index contributed by atoms with van der Waals surface area (Å²) in [5.74, 6) is 0. The maximum Gasteiger partial charge on any atom is 0.106 e. The van der Waals surface area contributed by atoms with E-state index in [9.17, 15) is 0 Å². The summed E-state index contributed by atoms with van der Waals surface area (Å²) < 4.78 is 0. The van der Waals surface area contributed by atoms with E-state index in [4.69, 9.17) is 18.0 Å². The van der Waals surface area contributed by atoms with Crippen LogP contribution in [-0.4, -0.2) is 4.99 Å². The first-order valence-electron chi connectivity index (χ1n) is 6.62. The average Bonchev–Trinajstić information content (AvgIpc) is 2.68. The van der Waals surface area contributed by atoms with Crippen molar-refractivity contribution in [2.45, 2.75) is 33.7 Å². The van der Waals surface area contributed by atoms with Crippen LogP contribution in [0.25, 0.3) is 0 Å². The summed E-state index contributed by atoms with van der Waals surface area (Å²) in [5.41, 5.74) is 10.2. The summed E-state index contributed by atoms with van der Waals surface area (Å²) in [6.45, 7) is 8.54. The second-order valence-corrected chi connectivity index (χ2v) is 7.05. The maximum absolute atomic E-state index is 5.81.